The predicted molar refractivity (Wildman–Crippen MR) is 74.5 cm³/mol. The van der Waals surface area contributed by atoms with E-state index in [1.165, 1.54) is 0 Å². The van der Waals surface area contributed by atoms with Crippen LogP contribution in [0, 0.1) is 0 Å². The van der Waals surface area contributed by atoms with E-state index in [9.17, 15) is 4.79 Å². The molecule has 2 rings (SSSR count). The molecule has 7 heteroatoms. The lowest BCUT2D eigenvalue weighted by Gasteiger charge is -2.34. The second-order valence-electron chi connectivity index (χ2n) is 4.25. The van der Waals surface area contributed by atoms with Gasteiger partial charge in [0.25, 0.3) is 0 Å². The molecule has 1 saturated heterocycles. The number of rotatable bonds is 2. The summed E-state index contributed by atoms with van der Waals surface area (Å²) >= 11 is 5.89. The highest BCUT2D eigenvalue weighted by molar-refractivity contribution is 6.29. The number of piperazine rings is 1. The zero-order valence-electron chi connectivity index (χ0n) is 10.8. The average molecular weight is 285 g/mol. The van der Waals surface area contributed by atoms with Crippen LogP contribution in [0.5, 0.6) is 0 Å². The Morgan fingerprint density at radius 3 is 2.68 bits per heavy atom. The van der Waals surface area contributed by atoms with Gasteiger partial charge in [-0.2, -0.15) is 0 Å². The smallest absolute Gasteiger partial charge is 0.409 e. The molecule has 1 aromatic heterocycles. The van der Waals surface area contributed by atoms with Gasteiger partial charge in [0.1, 0.15) is 11.0 Å². The summed E-state index contributed by atoms with van der Waals surface area (Å²) in [5.74, 6) is 0.744. The van der Waals surface area contributed by atoms with Crippen LogP contribution < -0.4 is 10.6 Å². The first-order chi connectivity index (χ1) is 9.10. The van der Waals surface area contributed by atoms with Gasteiger partial charge in [-0.15, -0.1) is 0 Å². The summed E-state index contributed by atoms with van der Waals surface area (Å²) in [6.45, 7) is 4.77. The number of carbonyl (C=O) groups excluding carboxylic acids is 1. The maximum atomic E-state index is 11.6. The van der Waals surface area contributed by atoms with Crippen molar-refractivity contribution in [3.05, 3.63) is 17.3 Å². The molecule has 6 nitrogen and oxygen atoms in total. The largest absolute Gasteiger partial charge is 0.450 e. The van der Waals surface area contributed by atoms with Crippen LogP contribution in [0.2, 0.25) is 5.15 Å². The number of hydrogen-bond donors (Lipinski definition) is 1. The molecule has 1 aliphatic heterocycles. The number of amides is 1. The van der Waals surface area contributed by atoms with Gasteiger partial charge in [-0.05, 0) is 13.0 Å². The molecular formula is C12H17ClN4O2. The van der Waals surface area contributed by atoms with E-state index >= 15 is 0 Å². The maximum absolute atomic E-state index is 11.6. The number of aromatic nitrogens is 1. The molecule has 19 heavy (non-hydrogen) atoms. The van der Waals surface area contributed by atoms with Crippen molar-refractivity contribution in [3.8, 4) is 0 Å². The van der Waals surface area contributed by atoms with Crippen LogP contribution >= 0.6 is 11.6 Å². The van der Waals surface area contributed by atoms with E-state index in [0.717, 1.165) is 5.82 Å². The summed E-state index contributed by atoms with van der Waals surface area (Å²) in [6.07, 6.45) is -0.263. The van der Waals surface area contributed by atoms with Crippen molar-refractivity contribution in [1.82, 2.24) is 9.88 Å². The van der Waals surface area contributed by atoms with Crippen molar-refractivity contribution in [3.63, 3.8) is 0 Å². The molecule has 2 heterocycles. The van der Waals surface area contributed by atoms with Gasteiger partial charge in [0.2, 0.25) is 0 Å². The Bertz CT molecular complexity index is 441. The first-order valence-corrected chi connectivity index (χ1v) is 6.57. The SMILES string of the molecule is CCOC(=O)N1CCN(c2cc(N)cc(Cl)n2)CC1. The molecule has 0 unspecified atom stereocenters. The third-order valence-corrected chi connectivity index (χ3v) is 3.13. The third-order valence-electron chi connectivity index (χ3n) is 2.93. The van der Waals surface area contributed by atoms with Crippen molar-refractivity contribution in [2.45, 2.75) is 6.92 Å². The van der Waals surface area contributed by atoms with Crippen LogP contribution in [0.25, 0.3) is 0 Å². The van der Waals surface area contributed by atoms with Gasteiger partial charge < -0.3 is 20.3 Å². The van der Waals surface area contributed by atoms with Crippen molar-refractivity contribution >= 4 is 29.2 Å². The molecule has 1 aromatic rings. The standard InChI is InChI=1S/C12H17ClN4O2/c1-2-19-12(18)17-5-3-16(4-6-17)11-8-9(14)7-10(13)15-11/h7-8H,2-6H2,1H3,(H2,14,15). The Labute approximate surface area is 117 Å². The van der Waals surface area contributed by atoms with Crippen molar-refractivity contribution in [2.75, 3.05) is 43.4 Å². The Hall–Kier alpha value is -1.69. The molecule has 0 saturated carbocycles. The fraction of sp³-hybridized carbons (Fsp3) is 0.500. The summed E-state index contributed by atoms with van der Waals surface area (Å²) < 4.78 is 4.97. The molecule has 2 N–H and O–H groups in total. The number of nitrogen functional groups attached to an aromatic ring is 1. The van der Waals surface area contributed by atoms with Crippen LogP contribution in [0.15, 0.2) is 12.1 Å². The summed E-state index contributed by atoms with van der Waals surface area (Å²) in [6, 6.07) is 3.39. The molecule has 1 aliphatic rings. The zero-order valence-corrected chi connectivity index (χ0v) is 11.6. The fourth-order valence-corrected chi connectivity index (χ4v) is 2.21. The molecule has 1 fully saturated rings. The van der Waals surface area contributed by atoms with E-state index in [1.807, 2.05) is 0 Å². The lowest BCUT2D eigenvalue weighted by molar-refractivity contribution is 0.105. The highest BCUT2D eigenvalue weighted by Crippen LogP contribution is 2.20. The summed E-state index contributed by atoms with van der Waals surface area (Å²) in [5, 5.41) is 0.378. The van der Waals surface area contributed by atoms with Crippen molar-refractivity contribution < 1.29 is 9.53 Å². The lowest BCUT2D eigenvalue weighted by atomic mass is 10.3. The van der Waals surface area contributed by atoms with Crippen molar-refractivity contribution in [1.29, 1.82) is 0 Å². The Morgan fingerprint density at radius 2 is 2.11 bits per heavy atom. The topological polar surface area (TPSA) is 71.7 Å². The number of carbonyl (C=O) groups is 1. The Balaban J connectivity index is 1.97. The molecular weight excluding hydrogens is 268 g/mol. The van der Waals surface area contributed by atoms with Crippen LogP contribution in [-0.4, -0.2) is 48.8 Å². The molecule has 1 amide bonds. The van der Waals surface area contributed by atoms with Gasteiger partial charge in [0.15, 0.2) is 0 Å². The van der Waals surface area contributed by atoms with E-state index in [1.54, 1.807) is 24.0 Å². The van der Waals surface area contributed by atoms with Gasteiger partial charge in [0.05, 0.1) is 6.61 Å². The van der Waals surface area contributed by atoms with E-state index in [0.29, 0.717) is 43.6 Å². The first-order valence-electron chi connectivity index (χ1n) is 6.20. The van der Waals surface area contributed by atoms with Crippen LogP contribution in [0.3, 0.4) is 0 Å². The average Bonchev–Trinajstić information content (AvgIpc) is 2.38. The van der Waals surface area contributed by atoms with E-state index in [4.69, 9.17) is 22.1 Å². The molecule has 0 spiro atoms. The first kappa shape index (κ1) is 13.7. The highest BCUT2D eigenvalue weighted by Gasteiger charge is 2.22. The molecule has 0 atom stereocenters. The van der Waals surface area contributed by atoms with Gasteiger partial charge in [0, 0.05) is 37.9 Å². The number of nitrogens with two attached hydrogens (primary N) is 1. The van der Waals surface area contributed by atoms with E-state index in [2.05, 4.69) is 9.88 Å². The number of pyridine rings is 1. The molecule has 0 radical (unpaired) electrons. The molecule has 0 aliphatic carbocycles. The second-order valence-corrected chi connectivity index (χ2v) is 4.64. The number of hydrogen-bond acceptors (Lipinski definition) is 5. The quantitative estimate of drug-likeness (QED) is 0.835. The summed E-state index contributed by atoms with van der Waals surface area (Å²) in [7, 11) is 0. The maximum Gasteiger partial charge on any atom is 0.409 e. The van der Waals surface area contributed by atoms with Gasteiger partial charge in [-0.1, -0.05) is 11.6 Å². The fourth-order valence-electron chi connectivity index (χ4n) is 2.00. The number of anilines is 2. The third kappa shape index (κ3) is 3.41. The van der Waals surface area contributed by atoms with Crippen LogP contribution in [0.1, 0.15) is 6.92 Å². The van der Waals surface area contributed by atoms with Crippen LogP contribution in [0.4, 0.5) is 16.3 Å². The molecule has 104 valence electrons. The lowest BCUT2D eigenvalue weighted by Crippen LogP contribution is -2.49. The van der Waals surface area contributed by atoms with Gasteiger partial charge in [-0.3, -0.25) is 0 Å². The minimum absolute atomic E-state index is 0.263. The van der Waals surface area contributed by atoms with E-state index in [-0.39, 0.29) is 6.09 Å². The minimum atomic E-state index is -0.263. The van der Waals surface area contributed by atoms with Gasteiger partial charge in [-0.25, -0.2) is 9.78 Å². The number of halogens is 1. The Morgan fingerprint density at radius 1 is 1.42 bits per heavy atom. The van der Waals surface area contributed by atoms with E-state index < -0.39 is 0 Å². The van der Waals surface area contributed by atoms with Gasteiger partial charge >= 0.3 is 6.09 Å². The minimum Gasteiger partial charge on any atom is -0.450 e. The highest BCUT2D eigenvalue weighted by atomic mass is 35.5. The zero-order chi connectivity index (χ0) is 13.8. The predicted octanol–water partition coefficient (Wildman–Crippen LogP) is 1.60. The summed E-state index contributed by atoms with van der Waals surface area (Å²) in [5.41, 5.74) is 6.33. The second kappa shape index (κ2) is 5.97. The summed E-state index contributed by atoms with van der Waals surface area (Å²) in [4.78, 5) is 19.6. The molecule has 0 bridgehead atoms. The Kier molecular flexibility index (Phi) is 4.31. The molecule has 0 aromatic carbocycles. The number of nitrogens with zero attached hydrogens (tertiary/aromatic N) is 3. The normalized spacial score (nSPS) is 15.5. The van der Waals surface area contributed by atoms with Crippen LogP contribution in [-0.2, 0) is 4.74 Å². The van der Waals surface area contributed by atoms with Crippen molar-refractivity contribution in [2.24, 2.45) is 0 Å². The monoisotopic (exact) mass is 284 g/mol. The number of ether oxygens (including phenoxy) is 1.